The molecule has 0 aliphatic rings. The van der Waals surface area contributed by atoms with E-state index in [9.17, 15) is 14.0 Å². The van der Waals surface area contributed by atoms with Crippen LogP contribution in [-0.4, -0.2) is 38.9 Å². The molecule has 1 amide bonds. The van der Waals surface area contributed by atoms with Gasteiger partial charge in [-0.3, -0.25) is 9.59 Å². The van der Waals surface area contributed by atoms with Crippen molar-refractivity contribution in [2.45, 2.75) is 39.2 Å². The maximum atomic E-state index is 13.1. The maximum Gasteiger partial charge on any atom is 0.251 e. The molecule has 5 aromatic rings. The minimum Gasteiger partial charge on any atom is -0.495 e. The van der Waals surface area contributed by atoms with Gasteiger partial charge in [0.25, 0.3) is 5.91 Å². The first-order valence-electron chi connectivity index (χ1n) is 13.6. The van der Waals surface area contributed by atoms with Gasteiger partial charge in [0.05, 0.1) is 12.8 Å². The standard InChI is InChI=1S/C33H32FN5O3/c1-33(2,3)37-31(41)24-11-15-28(29(19-24)42-4)35-32-36-30-16-12-25(20-39(30)38-32)23-9-5-21(6-10-23)17-27(40)18-22-7-13-26(34)14-8-22/h5-16,19-20H,17-18H2,1-4H3,(H,35,38)(H,37,41). The second kappa shape index (κ2) is 11.8. The summed E-state index contributed by atoms with van der Waals surface area (Å²) in [4.78, 5) is 29.6. The first-order chi connectivity index (χ1) is 20.1. The minimum absolute atomic E-state index is 0.0675. The zero-order chi connectivity index (χ0) is 29.9. The summed E-state index contributed by atoms with van der Waals surface area (Å²) in [7, 11) is 1.54. The van der Waals surface area contributed by atoms with Gasteiger partial charge in [0.2, 0.25) is 5.95 Å². The number of nitrogens with zero attached hydrogens (tertiary/aromatic N) is 3. The fourth-order valence-corrected chi connectivity index (χ4v) is 4.51. The molecule has 0 saturated carbocycles. The Kier molecular flexibility index (Phi) is 8.01. The van der Waals surface area contributed by atoms with Crippen molar-refractivity contribution in [3.05, 3.63) is 108 Å². The Hall–Kier alpha value is -5.05. The van der Waals surface area contributed by atoms with Crippen LogP contribution >= 0.6 is 0 Å². The van der Waals surface area contributed by atoms with Crippen molar-refractivity contribution in [2.24, 2.45) is 0 Å². The third kappa shape index (κ3) is 6.98. The largest absolute Gasteiger partial charge is 0.495 e. The van der Waals surface area contributed by atoms with E-state index in [1.807, 2.05) is 63.4 Å². The predicted octanol–water partition coefficient (Wildman–Crippen LogP) is 6.17. The highest BCUT2D eigenvalue weighted by atomic mass is 19.1. The number of pyridine rings is 1. The number of amides is 1. The number of carbonyl (C=O) groups is 2. The number of nitrogens with one attached hydrogen (secondary N) is 2. The van der Waals surface area contributed by atoms with Crippen molar-refractivity contribution in [1.29, 1.82) is 0 Å². The van der Waals surface area contributed by atoms with Gasteiger partial charge in [0.1, 0.15) is 17.3 Å². The molecule has 0 saturated heterocycles. The lowest BCUT2D eigenvalue weighted by Crippen LogP contribution is -2.40. The van der Waals surface area contributed by atoms with E-state index in [4.69, 9.17) is 4.74 Å². The van der Waals surface area contributed by atoms with Crippen LogP contribution in [0.25, 0.3) is 16.8 Å². The number of anilines is 2. The molecule has 8 nitrogen and oxygen atoms in total. The van der Waals surface area contributed by atoms with Gasteiger partial charge in [-0.2, -0.15) is 4.98 Å². The van der Waals surface area contributed by atoms with E-state index < -0.39 is 0 Å². The molecule has 0 fully saturated rings. The lowest BCUT2D eigenvalue weighted by atomic mass is 10.0. The Morgan fingerprint density at radius 3 is 2.17 bits per heavy atom. The van der Waals surface area contributed by atoms with Crippen LogP contribution in [0.1, 0.15) is 42.3 Å². The average molecular weight is 566 g/mol. The van der Waals surface area contributed by atoms with Gasteiger partial charge >= 0.3 is 0 Å². The van der Waals surface area contributed by atoms with Crippen molar-refractivity contribution < 1.29 is 18.7 Å². The summed E-state index contributed by atoms with van der Waals surface area (Å²) < 4.78 is 20.3. The molecule has 42 heavy (non-hydrogen) atoms. The van der Waals surface area contributed by atoms with Gasteiger partial charge in [-0.1, -0.05) is 36.4 Å². The van der Waals surface area contributed by atoms with Gasteiger partial charge in [-0.15, -0.1) is 5.10 Å². The molecule has 5 rings (SSSR count). The summed E-state index contributed by atoms with van der Waals surface area (Å²) in [6.45, 7) is 5.78. The van der Waals surface area contributed by atoms with Crippen LogP contribution in [0.15, 0.2) is 85.1 Å². The van der Waals surface area contributed by atoms with Gasteiger partial charge < -0.3 is 15.4 Å². The van der Waals surface area contributed by atoms with Gasteiger partial charge in [-0.25, -0.2) is 8.91 Å². The van der Waals surface area contributed by atoms with Crippen LogP contribution in [0.5, 0.6) is 5.75 Å². The Morgan fingerprint density at radius 2 is 1.52 bits per heavy atom. The molecule has 0 atom stereocenters. The number of ether oxygens (including phenoxy) is 1. The first kappa shape index (κ1) is 28.5. The number of halogens is 1. The third-order valence-corrected chi connectivity index (χ3v) is 6.53. The smallest absolute Gasteiger partial charge is 0.251 e. The molecule has 0 aliphatic carbocycles. The molecule has 214 valence electrons. The predicted molar refractivity (Wildman–Crippen MR) is 161 cm³/mol. The molecule has 2 aromatic heterocycles. The first-order valence-corrected chi connectivity index (χ1v) is 13.6. The fraction of sp³-hybridized carbons (Fsp3) is 0.212. The SMILES string of the molecule is COc1cc(C(=O)NC(C)(C)C)ccc1Nc1nc2ccc(-c3ccc(CC(=O)Cc4ccc(F)cc4)cc3)cn2n1. The second-order valence-corrected chi connectivity index (χ2v) is 11.1. The zero-order valence-corrected chi connectivity index (χ0v) is 23.9. The van der Waals surface area contributed by atoms with Crippen molar-refractivity contribution in [3.8, 4) is 16.9 Å². The molecule has 2 heterocycles. The highest BCUT2D eigenvalue weighted by Crippen LogP contribution is 2.29. The quantitative estimate of drug-likeness (QED) is 0.222. The van der Waals surface area contributed by atoms with E-state index >= 15 is 0 Å². The van der Waals surface area contributed by atoms with Crippen LogP contribution in [0, 0.1) is 5.82 Å². The van der Waals surface area contributed by atoms with Crippen LogP contribution < -0.4 is 15.4 Å². The van der Waals surface area contributed by atoms with E-state index in [1.54, 1.807) is 42.0 Å². The maximum absolute atomic E-state index is 13.1. The van der Waals surface area contributed by atoms with Gasteiger partial charge in [-0.05, 0) is 79.9 Å². The Bertz CT molecular complexity index is 1740. The number of hydrogen-bond donors (Lipinski definition) is 2. The normalized spacial score (nSPS) is 11.4. The molecule has 0 bridgehead atoms. The zero-order valence-electron chi connectivity index (χ0n) is 23.9. The summed E-state index contributed by atoms with van der Waals surface area (Å²) in [5.41, 5.74) is 5.05. The van der Waals surface area contributed by atoms with Crippen LogP contribution in [0.3, 0.4) is 0 Å². The van der Waals surface area contributed by atoms with Gasteiger partial charge in [0, 0.05) is 35.7 Å². The molecule has 9 heteroatoms. The Balaban J connectivity index is 1.27. The average Bonchev–Trinajstić information content (AvgIpc) is 3.35. The highest BCUT2D eigenvalue weighted by molar-refractivity contribution is 5.95. The number of fused-ring (bicyclic) bond motifs is 1. The van der Waals surface area contributed by atoms with Crippen molar-refractivity contribution in [2.75, 3.05) is 12.4 Å². The summed E-state index contributed by atoms with van der Waals surface area (Å²) in [5, 5.41) is 10.7. The topological polar surface area (TPSA) is 97.6 Å². The fourth-order valence-electron chi connectivity index (χ4n) is 4.51. The van der Waals surface area contributed by atoms with Crippen LogP contribution in [0.4, 0.5) is 16.0 Å². The number of carbonyl (C=O) groups excluding carboxylic acids is 2. The van der Waals surface area contributed by atoms with E-state index in [2.05, 4.69) is 20.7 Å². The number of hydrogen-bond acceptors (Lipinski definition) is 6. The van der Waals surface area contributed by atoms with E-state index in [0.29, 0.717) is 35.0 Å². The van der Waals surface area contributed by atoms with Crippen molar-refractivity contribution in [1.82, 2.24) is 19.9 Å². The Morgan fingerprint density at radius 1 is 0.881 bits per heavy atom. The number of rotatable bonds is 9. The second-order valence-electron chi connectivity index (χ2n) is 11.1. The molecule has 0 unspecified atom stereocenters. The Labute approximate surface area is 243 Å². The number of benzene rings is 3. The molecular formula is C33H32FN5O3. The molecular weight excluding hydrogens is 533 g/mol. The summed E-state index contributed by atoms with van der Waals surface area (Å²) in [5.74, 6) is 0.444. The van der Waals surface area contributed by atoms with Crippen LogP contribution in [0.2, 0.25) is 0 Å². The molecule has 0 aliphatic heterocycles. The third-order valence-electron chi connectivity index (χ3n) is 6.53. The van der Waals surface area contributed by atoms with Crippen molar-refractivity contribution >= 4 is 29.0 Å². The molecule has 0 spiro atoms. The highest BCUT2D eigenvalue weighted by Gasteiger charge is 2.17. The summed E-state index contributed by atoms with van der Waals surface area (Å²) in [6.07, 6.45) is 2.46. The van der Waals surface area contributed by atoms with Crippen molar-refractivity contribution in [3.63, 3.8) is 0 Å². The molecule has 2 N–H and O–H groups in total. The number of methoxy groups -OCH3 is 1. The molecule has 0 radical (unpaired) electrons. The number of aromatic nitrogens is 3. The molecule has 3 aromatic carbocycles. The number of Topliss-reactive ketones (excluding diaryl/α,β-unsaturated/α-hetero) is 1. The number of ketones is 1. The lowest BCUT2D eigenvalue weighted by Gasteiger charge is -2.21. The van der Waals surface area contributed by atoms with E-state index in [-0.39, 0.29) is 29.5 Å². The van der Waals surface area contributed by atoms with E-state index in [1.165, 1.54) is 12.1 Å². The lowest BCUT2D eigenvalue weighted by molar-refractivity contribution is -0.117. The van der Waals surface area contributed by atoms with E-state index in [0.717, 1.165) is 22.3 Å². The van der Waals surface area contributed by atoms with Gasteiger partial charge in [0.15, 0.2) is 5.65 Å². The monoisotopic (exact) mass is 565 g/mol. The summed E-state index contributed by atoms with van der Waals surface area (Å²) in [6, 6.07) is 22.8. The minimum atomic E-state index is -0.353. The summed E-state index contributed by atoms with van der Waals surface area (Å²) >= 11 is 0. The van der Waals surface area contributed by atoms with Crippen LogP contribution in [-0.2, 0) is 17.6 Å².